The van der Waals surface area contributed by atoms with Crippen LogP contribution in [0.3, 0.4) is 0 Å². The maximum Gasteiger partial charge on any atom is 0.339 e. The van der Waals surface area contributed by atoms with Crippen LogP contribution in [0.4, 0.5) is 0 Å². The minimum absolute atomic E-state index is 0.113. The Kier molecular flexibility index (Phi) is 4.45. The summed E-state index contributed by atoms with van der Waals surface area (Å²) in [6.45, 7) is 4.37. The molecule has 0 aliphatic heterocycles. The van der Waals surface area contributed by atoms with Gasteiger partial charge in [-0.25, -0.2) is 4.79 Å². The summed E-state index contributed by atoms with van der Waals surface area (Å²) < 4.78 is 10.9. The van der Waals surface area contributed by atoms with E-state index in [0.29, 0.717) is 11.7 Å². The van der Waals surface area contributed by atoms with Crippen LogP contribution in [0, 0.1) is 0 Å². The zero-order chi connectivity index (χ0) is 14.5. The molecule has 0 saturated heterocycles. The predicted octanol–water partition coefficient (Wildman–Crippen LogP) is 4.07. The maximum absolute atomic E-state index is 11.0. The third kappa shape index (κ3) is 3.02. The molecule has 0 aliphatic rings. The number of aromatic carboxylic acids is 1. The Labute approximate surface area is 118 Å². The summed E-state index contributed by atoms with van der Waals surface area (Å²) >= 11 is 0. The Hall–Kier alpha value is -2.23. The highest BCUT2D eigenvalue weighted by atomic mass is 16.5. The molecule has 2 aromatic rings. The molecule has 1 atom stereocenters. The number of carboxylic acid groups (broad SMARTS) is 1. The molecule has 0 aliphatic carbocycles. The lowest BCUT2D eigenvalue weighted by Crippen LogP contribution is -2.04. The molecule has 0 radical (unpaired) electrons. The van der Waals surface area contributed by atoms with Crippen molar-refractivity contribution in [1.29, 1.82) is 0 Å². The van der Waals surface area contributed by atoms with Gasteiger partial charge in [-0.3, -0.25) is 0 Å². The molecular formula is C16H18O4. The first-order valence-corrected chi connectivity index (χ1v) is 6.64. The highest BCUT2D eigenvalue weighted by molar-refractivity contribution is 5.88. The van der Waals surface area contributed by atoms with Crippen LogP contribution in [0.1, 0.15) is 47.9 Å². The van der Waals surface area contributed by atoms with Crippen molar-refractivity contribution in [3.63, 3.8) is 0 Å². The Morgan fingerprint density at radius 2 is 2.10 bits per heavy atom. The van der Waals surface area contributed by atoms with E-state index in [2.05, 4.69) is 13.8 Å². The van der Waals surface area contributed by atoms with Crippen molar-refractivity contribution in [2.75, 3.05) is 0 Å². The highest BCUT2D eigenvalue weighted by Crippen LogP contribution is 2.29. The number of hydrogen-bond donors (Lipinski definition) is 1. The first-order chi connectivity index (χ1) is 9.63. The van der Waals surface area contributed by atoms with Gasteiger partial charge in [-0.1, -0.05) is 32.0 Å². The van der Waals surface area contributed by atoms with Crippen LogP contribution in [-0.2, 0) is 6.61 Å². The van der Waals surface area contributed by atoms with E-state index in [0.717, 1.165) is 17.7 Å². The van der Waals surface area contributed by atoms with E-state index in [1.807, 2.05) is 24.3 Å². The molecule has 2 rings (SSSR count). The smallest absolute Gasteiger partial charge is 0.339 e. The normalized spacial score (nSPS) is 12.1. The van der Waals surface area contributed by atoms with Crippen molar-refractivity contribution < 1.29 is 19.1 Å². The Morgan fingerprint density at radius 1 is 1.35 bits per heavy atom. The van der Waals surface area contributed by atoms with Crippen LogP contribution in [0.25, 0.3) is 0 Å². The third-order valence-electron chi connectivity index (χ3n) is 3.40. The number of rotatable bonds is 6. The summed E-state index contributed by atoms with van der Waals surface area (Å²) in [5, 5.41) is 9.02. The summed E-state index contributed by atoms with van der Waals surface area (Å²) in [5.74, 6) is 0.486. The summed E-state index contributed by atoms with van der Waals surface area (Å²) in [5.41, 5.74) is 1.27. The molecule has 20 heavy (non-hydrogen) atoms. The Balaban J connectivity index is 2.15. The number of furan rings is 1. The van der Waals surface area contributed by atoms with Gasteiger partial charge in [-0.2, -0.15) is 0 Å². The number of carboxylic acids is 1. The van der Waals surface area contributed by atoms with Gasteiger partial charge in [0, 0.05) is 0 Å². The van der Waals surface area contributed by atoms with Crippen molar-refractivity contribution in [2.24, 2.45) is 0 Å². The second-order valence-electron chi connectivity index (χ2n) is 4.70. The second-order valence-corrected chi connectivity index (χ2v) is 4.70. The van der Waals surface area contributed by atoms with Gasteiger partial charge >= 0.3 is 5.97 Å². The summed E-state index contributed by atoms with van der Waals surface area (Å²) in [7, 11) is 0. The zero-order valence-electron chi connectivity index (χ0n) is 11.6. The minimum atomic E-state index is -1.01. The maximum atomic E-state index is 11.0. The standard InChI is InChI=1S/C16H18O4/c1-3-11(2)12-6-4-5-7-14(12)20-10-15-13(16(17)18)8-9-19-15/h4-9,11H,3,10H2,1-2H3,(H,17,18). The average Bonchev–Trinajstić information content (AvgIpc) is 2.93. The molecule has 0 bridgehead atoms. The van der Waals surface area contributed by atoms with Gasteiger partial charge in [0.15, 0.2) is 5.76 Å². The van der Waals surface area contributed by atoms with Gasteiger partial charge in [0.05, 0.1) is 6.26 Å². The summed E-state index contributed by atoms with van der Waals surface area (Å²) in [6, 6.07) is 9.24. The van der Waals surface area contributed by atoms with Gasteiger partial charge < -0.3 is 14.3 Å². The van der Waals surface area contributed by atoms with Crippen LogP contribution >= 0.6 is 0 Å². The molecule has 4 nitrogen and oxygen atoms in total. The molecular weight excluding hydrogens is 256 g/mol. The molecule has 1 heterocycles. The molecule has 1 aromatic heterocycles. The lowest BCUT2D eigenvalue weighted by atomic mass is 9.98. The number of benzene rings is 1. The van der Waals surface area contributed by atoms with Crippen LogP contribution in [-0.4, -0.2) is 11.1 Å². The molecule has 0 spiro atoms. The molecule has 0 amide bonds. The van der Waals surface area contributed by atoms with Gasteiger partial charge in [-0.05, 0) is 30.0 Å². The lowest BCUT2D eigenvalue weighted by molar-refractivity contribution is 0.0692. The zero-order valence-corrected chi connectivity index (χ0v) is 11.6. The van der Waals surface area contributed by atoms with Crippen LogP contribution < -0.4 is 4.74 Å². The van der Waals surface area contributed by atoms with E-state index < -0.39 is 5.97 Å². The highest BCUT2D eigenvalue weighted by Gasteiger charge is 2.15. The summed E-state index contributed by atoms with van der Waals surface area (Å²) in [4.78, 5) is 11.0. The Bertz CT molecular complexity index is 586. The van der Waals surface area contributed by atoms with E-state index in [4.69, 9.17) is 14.3 Å². The fraction of sp³-hybridized carbons (Fsp3) is 0.312. The van der Waals surface area contributed by atoms with E-state index >= 15 is 0 Å². The molecule has 0 fully saturated rings. The largest absolute Gasteiger partial charge is 0.485 e. The van der Waals surface area contributed by atoms with E-state index in [-0.39, 0.29) is 12.2 Å². The number of ether oxygens (including phenoxy) is 1. The van der Waals surface area contributed by atoms with Gasteiger partial charge in [0.25, 0.3) is 0 Å². The van der Waals surface area contributed by atoms with Crippen molar-refractivity contribution in [2.45, 2.75) is 32.8 Å². The van der Waals surface area contributed by atoms with Gasteiger partial charge in [0.2, 0.25) is 0 Å². The molecule has 1 unspecified atom stereocenters. The predicted molar refractivity (Wildman–Crippen MR) is 75.1 cm³/mol. The molecule has 1 aromatic carbocycles. The van der Waals surface area contributed by atoms with Gasteiger partial charge in [-0.15, -0.1) is 0 Å². The monoisotopic (exact) mass is 274 g/mol. The third-order valence-corrected chi connectivity index (χ3v) is 3.40. The van der Waals surface area contributed by atoms with Gasteiger partial charge in [0.1, 0.15) is 17.9 Å². The molecule has 4 heteroatoms. The first-order valence-electron chi connectivity index (χ1n) is 6.64. The molecule has 1 N–H and O–H groups in total. The number of carbonyl (C=O) groups is 1. The van der Waals surface area contributed by atoms with Crippen LogP contribution in [0.5, 0.6) is 5.75 Å². The molecule has 106 valence electrons. The van der Waals surface area contributed by atoms with Crippen LogP contribution in [0.2, 0.25) is 0 Å². The fourth-order valence-electron chi connectivity index (χ4n) is 2.03. The van der Waals surface area contributed by atoms with E-state index in [1.54, 1.807) is 0 Å². The Morgan fingerprint density at radius 3 is 2.80 bits per heavy atom. The first kappa shape index (κ1) is 14.2. The average molecular weight is 274 g/mol. The minimum Gasteiger partial charge on any atom is -0.485 e. The SMILES string of the molecule is CCC(C)c1ccccc1OCc1occc1C(=O)O. The van der Waals surface area contributed by atoms with E-state index in [9.17, 15) is 4.79 Å². The topological polar surface area (TPSA) is 59.7 Å². The fourth-order valence-corrected chi connectivity index (χ4v) is 2.03. The quantitative estimate of drug-likeness (QED) is 0.862. The second kappa shape index (κ2) is 6.28. The van der Waals surface area contributed by atoms with Crippen molar-refractivity contribution in [3.05, 3.63) is 53.5 Å². The molecule has 0 saturated carbocycles. The lowest BCUT2D eigenvalue weighted by Gasteiger charge is -2.15. The number of para-hydroxylation sites is 1. The van der Waals surface area contributed by atoms with E-state index in [1.165, 1.54) is 12.3 Å². The van der Waals surface area contributed by atoms with Crippen molar-refractivity contribution >= 4 is 5.97 Å². The van der Waals surface area contributed by atoms with Crippen LogP contribution in [0.15, 0.2) is 41.0 Å². The van der Waals surface area contributed by atoms with Crippen molar-refractivity contribution in [3.8, 4) is 5.75 Å². The van der Waals surface area contributed by atoms with Crippen molar-refractivity contribution in [1.82, 2.24) is 0 Å². The summed E-state index contributed by atoms with van der Waals surface area (Å²) in [6.07, 6.45) is 2.38. The number of hydrogen-bond acceptors (Lipinski definition) is 3.